The molecule has 41 heavy (non-hydrogen) atoms. The van der Waals surface area contributed by atoms with Crippen molar-refractivity contribution in [2.45, 2.75) is 6.54 Å². The molecule has 0 saturated carbocycles. The molecular weight excluding hydrogens is 547 g/mol. The van der Waals surface area contributed by atoms with Crippen LogP contribution >= 0.6 is 11.6 Å². The molecule has 3 heterocycles. The number of benzene rings is 3. The van der Waals surface area contributed by atoms with Crippen LogP contribution in [0.25, 0.3) is 11.3 Å². The highest BCUT2D eigenvalue weighted by Crippen LogP contribution is 2.34. The topological polar surface area (TPSA) is 111 Å². The molecule has 206 valence electrons. The summed E-state index contributed by atoms with van der Waals surface area (Å²) in [7, 11) is 0. The summed E-state index contributed by atoms with van der Waals surface area (Å²) < 4.78 is 14.8. The van der Waals surface area contributed by atoms with E-state index >= 15 is 0 Å². The zero-order valence-corrected chi connectivity index (χ0v) is 22.5. The summed E-state index contributed by atoms with van der Waals surface area (Å²) in [4.78, 5) is 40.9. The fourth-order valence-corrected chi connectivity index (χ4v) is 5.15. The van der Waals surface area contributed by atoms with Crippen LogP contribution in [0.5, 0.6) is 0 Å². The molecule has 0 radical (unpaired) electrons. The van der Waals surface area contributed by atoms with Crippen molar-refractivity contribution in [2.24, 2.45) is 4.99 Å². The van der Waals surface area contributed by atoms with Crippen LogP contribution in [0.1, 0.15) is 27.0 Å². The molecule has 2 aliphatic heterocycles. The number of anilines is 2. The van der Waals surface area contributed by atoms with Gasteiger partial charge in [0.15, 0.2) is 0 Å². The highest BCUT2D eigenvalue weighted by Gasteiger charge is 2.25. The fraction of sp³-hybridized carbons (Fsp3) is 0.167. The van der Waals surface area contributed by atoms with Crippen molar-refractivity contribution in [3.8, 4) is 11.3 Å². The number of carbonyl (C=O) groups is 2. The average Bonchev–Trinajstić information content (AvgIpc) is 3.14. The summed E-state index contributed by atoms with van der Waals surface area (Å²) in [5, 5.41) is 12.8. The number of amides is 2. The van der Waals surface area contributed by atoms with Gasteiger partial charge in [-0.3, -0.25) is 9.79 Å². The molecule has 1 saturated heterocycles. The number of aromatic nitrogens is 2. The molecule has 6 rings (SSSR count). The molecule has 3 aromatic carbocycles. The standard InChI is InChI=1S/C30H24ClFN6O3/c31-20-7-10-22-24(15-20)27(23-3-1-2-4-25(23)32)33-16-19-17-34-29(36-26(19)22)35-21-8-5-18(6-9-21)28(39)37-11-13-38(14-12-37)30(40)41/h1-10,15,17H,11-14,16H2,(H,40,41)(H,34,35,36). The molecule has 0 bridgehead atoms. The van der Waals surface area contributed by atoms with Gasteiger partial charge in [-0.1, -0.05) is 29.8 Å². The van der Waals surface area contributed by atoms with E-state index in [2.05, 4.69) is 10.3 Å². The maximum absolute atomic E-state index is 14.8. The number of fused-ring (bicyclic) bond motifs is 3. The molecule has 1 fully saturated rings. The second-order valence-corrected chi connectivity index (χ2v) is 10.1. The van der Waals surface area contributed by atoms with E-state index in [-0.39, 0.29) is 18.3 Å². The highest BCUT2D eigenvalue weighted by atomic mass is 35.5. The number of hydrogen-bond donors (Lipinski definition) is 2. The number of carbonyl (C=O) groups excluding carboxylic acids is 1. The van der Waals surface area contributed by atoms with Crippen LogP contribution in [0.3, 0.4) is 0 Å². The summed E-state index contributed by atoms with van der Waals surface area (Å²) in [6, 6.07) is 18.8. The number of halogens is 2. The van der Waals surface area contributed by atoms with Crippen LogP contribution in [0.4, 0.5) is 20.8 Å². The third kappa shape index (κ3) is 5.33. The first-order valence-electron chi connectivity index (χ1n) is 13.0. The van der Waals surface area contributed by atoms with Crippen molar-refractivity contribution in [1.82, 2.24) is 19.8 Å². The number of hydrogen-bond acceptors (Lipinski definition) is 6. The smallest absolute Gasteiger partial charge is 0.407 e. The molecule has 0 atom stereocenters. The number of nitrogens with one attached hydrogen (secondary N) is 1. The van der Waals surface area contributed by atoms with Crippen molar-refractivity contribution in [3.05, 3.63) is 106 Å². The largest absolute Gasteiger partial charge is 0.465 e. The molecule has 0 aliphatic carbocycles. The zero-order chi connectivity index (χ0) is 28.5. The Kier molecular flexibility index (Phi) is 7.07. The molecular formula is C30H24ClFN6O3. The lowest BCUT2D eigenvalue weighted by Gasteiger charge is -2.33. The van der Waals surface area contributed by atoms with Crippen LogP contribution in [0.2, 0.25) is 5.02 Å². The van der Waals surface area contributed by atoms with Crippen molar-refractivity contribution in [1.29, 1.82) is 0 Å². The van der Waals surface area contributed by atoms with Gasteiger partial charge >= 0.3 is 6.09 Å². The lowest BCUT2D eigenvalue weighted by Crippen LogP contribution is -2.50. The van der Waals surface area contributed by atoms with Crippen LogP contribution in [0, 0.1) is 5.82 Å². The van der Waals surface area contributed by atoms with Gasteiger partial charge < -0.3 is 20.2 Å². The van der Waals surface area contributed by atoms with Crippen LogP contribution < -0.4 is 5.32 Å². The molecule has 9 nitrogen and oxygen atoms in total. The predicted molar refractivity (Wildman–Crippen MR) is 153 cm³/mol. The summed E-state index contributed by atoms with van der Waals surface area (Å²) in [5.41, 5.74) is 4.96. The Morgan fingerprint density at radius 3 is 2.37 bits per heavy atom. The maximum Gasteiger partial charge on any atom is 0.407 e. The summed E-state index contributed by atoms with van der Waals surface area (Å²) in [6.45, 7) is 1.55. The SMILES string of the molecule is O=C(O)N1CCN(C(=O)c2ccc(Nc3ncc4c(n3)-c3ccc(Cl)cc3C(c3ccccc3F)=NC4)cc2)CC1. The van der Waals surface area contributed by atoms with Crippen LogP contribution in [0.15, 0.2) is 77.9 Å². The zero-order valence-electron chi connectivity index (χ0n) is 21.7. The number of nitrogens with zero attached hydrogens (tertiary/aromatic N) is 5. The number of rotatable bonds is 4. The Bertz CT molecular complexity index is 1690. The molecule has 11 heteroatoms. The Balaban J connectivity index is 1.24. The molecule has 4 aromatic rings. The van der Waals surface area contributed by atoms with E-state index in [1.165, 1.54) is 11.0 Å². The number of carboxylic acid groups (broad SMARTS) is 1. The Hall–Kier alpha value is -4.83. The van der Waals surface area contributed by atoms with E-state index in [9.17, 15) is 14.0 Å². The normalized spacial score (nSPS) is 14.4. The van der Waals surface area contributed by atoms with Gasteiger partial charge in [0.1, 0.15) is 5.82 Å². The van der Waals surface area contributed by atoms with Crippen LogP contribution in [-0.2, 0) is 6.54 Å². The van der Waals surface area contributed by atoms with Crippen molar-refractivity contribution in [3.63, 3.8) is 0 Å². The van der Waals surface area contributed by atoms with Gasteiger partial charge in [-0.15, -0.1) is 0 Å². The summed E-state index contributed by atoms with van der Waals surface area (Å²) in [5.74, 6) is -0.173. The first-order valence-corrected chi connectivity index (χ1v) is 13.3. The quantitative estimate of drug-likeness (QED) is 0.337. The van der Waals surface area contributed by atoms with E-state index in [0.717, 1.165) is 11.1 Å². The second kappa shape index (κ2) is 11.0. The average molecular weight is 571 g/mol. The Morgan fingerprint density at radius 2 is 1.63 bits per heavy atom. The van der Waals surface area contributed by atoms with Gasteiger partial charge in [0.2, 0.25) is 5.95 Å². The summed E-state index contributed by atoms with van der Waals surface area (Å²) >= 11 is 6.35. The molecule has 0 unspecified atom stereocenters. The van der Waals surface area contributed by atoms with Gasteiger partial charge in [-0.25, -0.2) is 19.2 Å². The molecule has 2 aliphatic rings. The van der Waals surface area contributed by atoms with E-state index in [1.807, 2.05) is 6.07 Å². The predicted octanol–water partition coefficient (Wildman–Crippen LogP) is 5.47. The van der Waals surface area contributed by atoms with Gasteiger partial charge in [-0.2, -0.15) is 0 Å². The molecule has 1 aromatic heterocycles. The monoisotopic (exact) mass is 570 g/mol. The van der Waals surface area contributed by atoms with E-state index in [1.54, 1.807) is 65.7 Å². The van der Waals surface area contributed by atoms with E-state index in [0.29, 0.717) is 70.9 Å². The van der Waals surface area contributed by atoms with E-state index in [4.69, 9.17) is 26.7 Å². The van der Waals surface area contributed by atoms with Gasteiger partial charge in [0.05, 0.1) is 18.0 Å². The molecule has 2 amide bonds. The Morgan fingerprint density at radius 1 is 0.902 bits per heavy atom. The lowest BCUT2D eigenvalue weighted by molar-refractivity contribution is 0.0625. The lowest BCUT2D eigenvalue weighted by atomic mass is 9.95. The minimum atomic E-state index is -0.974. The minimum absolute atomic E-state index is 0.149. The van der Waals surface area contributed by atoms with Crippen molar-refractivity contribution in [2.75, 3.05) is 31.5 Å². The first-order chi connectivity index (χ1) is 19.9. The van der Waals surface area contributed by atoms with Gasteiger partial charge in [-0.05, 0) is 48.5 Å². The van der Waals surface area contributed by atoms with Crippen molar-refractivity contribution >= 4 is 40.9 Å². The Labute approximate surface area is 240 Å². The number of aliphatic imine (C=N–C) groups is 1. The molecule has 2 N–H and O–H groups in total. The van der Waals surface area contributed by atoms with Gasteiger partial charge in [0, 0.05) is 70.9 Å². The third-order valence-corrected chi connectivity index (χ3v) is 7.35. The first kappa shape index (κ1) is 26.4. The van der Waals surface area contributed by atoms with Crippen molar-refractivity contribution < 1.29 is 19.1 Å². The maximum atomic E-state index is 14.8. The van der Waals surface area contributed by atoms with Crippen LogP contribution in [-0.4, -0.2) is 68.8 Å². The summed E-state index contributed by atoms with van der Waals surface area (Å²) in [6.07, 6.45) is 0.726. The van der Waals surface area contributed by atoms with Gasteiger partial charge in [0.25, 0.3) is 5.91 Å². The molecule has 0 spiro atoms. The van der Waals surface area contributed by atoms with E-state index < -0.39 is 6.09 Å². The minimum Gasteiger partial charge on any atom is -0.465 e. The highest BCUT2D eigenvalue weighted by molar-refractivity contribution is 6.31. The fourth-order valence-electron chi connectivity index (χ4n) is 4.98. The number of piperazine rings is 1. The second-order valence-electron chi connectivity index (χ2n) is 9.67. The third-order valence-electron chi connectivity index (χ3n) is 7.12.